The second-order valence-electron chi connectivity index (χ2n) is 7.72. The molecule has 0 bridgehead atoms. The lowest BCUT2D eigenvalue weighted by atomic mass is 10.1. The zero-order valence-electron chi connectivity index (χ0n) is 17.2. The van der Waals surface area contributed by atoms with Gasteiger partial charge in [-0.15, -0.1) is 0 Å². The number of fused-ring (bicyclic) bond motifs is 1. The van der Waals surface area contributed by atoms with E-state index in [1.165, 1.54) is 0 Å². The van der Waals surface area contributed by atoms with Crippen LogP contribution in [0.4, 0.5) is 0 Å². The van der Waals surface area contributed by atoms with Gasteiger partial charge in [-0.25, -0.2) is 4.98 Å². The van der Waals surface area contributed by atoms with Crippen LogP contribution in [0.1, 0.15) is 37.1 Å². The minimum absolute atomic E-state index is 0.0730. The van der Waals surface area contributed by atoms with Crippen molar-refractivity contribution in [2.45, 2.75) is 38.2 Å². The lowest BCUT2D eigenvalue weighted by Gasteiger charge is -2.32. The number of nitrogens with one attached hydrogen (secondary N) is 1. The van der Waals surface area contributed by atoms with Gasteiger partial charge in [0.2, 0.25) is 5.91 Å². The molecule has 31 heavy (non-hydrogen) atoms. The quantitative estimate of drug-likeness (QED) is 0.665. The Kier molecular flexibility index (Phi) is 6.27. The molecule has 7 heteroatoms. The highest BCUT2D eigenvalue weighted by Crippen LogP contribution is 2.20. The van der Waals surface area contributed by atoms with Crippen LogP contribution in [0.2, 0.25) is 0 Å². The molecule has 1 aromatic heterocycles. The van der Waals surface area contributed by atoms with Gasteiger partial charge in [-0.1, -0.05) is 12.1 Å². The number of nitriles is 1. The van der Waals surface area contributed by atoms with Crippen LogP contribution in [-0.2, 0) is 11.2 Å². The van der Waals surface area contributed by atoms with Crippen LogP contribution in [0.3, 0.4) is 0 Å². The number of para-hydroxylation sites is 1. The van der Waals surface area contributed by atoms with Crippen LogP contribution in [0, 0.1) is 11.3 Å². The molecule has 1 aliphatic heterocycles. The SMILES string of the molecule is N#Cc1ccc(OC2CCN(C(=O)CCCc3nc4ccccc4c(=O)[nH]3)CC2)cc1. The molecule has 3 aromatic rings. The number of ether oxygens (including phenoxy) is 1. The van der Waals surface area contributed by atoms with E-state index in [9.17, 15) is 9.59 Å². The second-order valence-corrected chi connectivity index (χ2v) is 7.72. The average Bonchev–Trinajstić information content (AvgIpc) is 2.80. The summed E-state index contributed by atoms with van der Waals surface area (Å²) in [5.74, 6) is 1.49. The molecule has 0 aliphatic carbocycles. The molecule has 0 atom stereocenters. The summed E-state index contributed by atoms with van der Waals surface area (Å²) in [5.41, 5.74) is 1.14. The van der Waals surface area contributed by atoms with Crippen molar-refractivity contribution in [1.29, 1.82) is 5.26 Å². The fourth-order valence-corrected chi connectivity index (χ4v) is 3.84. The first-order chi connectivity index (χ1) is 15.1. The van der Waals surface area contributed by atoms with Crippen LogP contribution in [0.15, 0.2) is 53.3 Å². The van der Waals surface area contributed by atoms with Gasteiger partial charge in [0, 0.05) is 38.8 Å². The van der Waals surface area contributed by atoms with Gasteiger partial charge in [-0.3, -0.25) is 9.59 Å². The molecule has 1 fully saturated rings. The normalized spacial score (nSPS) is 14.4. The molecule has 1 aliphatic rings. The summed E-state index contributed by atoms with van der Waals surface area (Å²) in [6, 6.07) is 16.4. The van der Waals surface area contributed by atoms with Gasteiger partial charge in [0.25, 0.3) is 5.56 Å². The molecule has 0 radical (unpaired) electrons. The van der Waals surface area contributed by atoms with E-state index >= 15 is 0 Å². The number of aryl methyl sites for hydroxylation is 1. The summed E-state index contributed by atoms with van der Waals surface area (Å²) in [4.78, 5) is 33.9. The summed E-state index contributed by atoms with van der Waals surface area (Å²) in [7, 11) is 0. The third-order valence-corrected chi connectivity index (χ3v) is 5.55. The Morgan fingerprint density at radius 3 is 2.65 bits per heavy atom. The molecule has 0 spiro atoms. The highest BCUT2D eigenvalue weighted by molar-refractivity contribution is 5.77. The van der Waals surface area contributed by atoms with Crippen LogP contribution >= 0.6 is 0 Å². The molecule has 2 aromatic carbocycles. The molecule has 1 saturated heterocycles. The minimum atomic E-state index is -0.142. The van der Waals surface area contributed by atoms with Gasteiger partial charge >= 0.3 is 0 Å². The van der Waals surface area contributed by atoms with E-state index in [2.05, 4.69) is 16.0 Å². The van der Waals surface area contributed by atoms with Crippen molar-refractivity contribution in [2.24, 2.45) is 0 Å². The standard InChI is InChI=1S/C24H24N4O3/c25-16-17-8-10-18(11-9-17)31-19-12-14-28(15-13-19)23(29)7-3-6-22-26-21-5-2-1-4-20(21)24(30)27-22/h1-2,4-5,8-11,19H,3,6-7,12-15H2,(H,26,27,30). The Morgan fingerprint density at radius 2 is 1.90 bits per heavy atom. The van der Waals surface area contributed by atoms with Gasteiger partial charge < -0.3 is 14.6 Å². The van der Waals surface area contributed by atoms with E-state index in [0.717, 1.165) is 18.6 Å². The highest BCUT2D eigenvalue weighted by Gasteiger charge is 2.23. The van der Waals surface area contributed by atoms with Crippen molar-refractivity contribution in [3.05, 3.63) is 70.3 Å². The zero-order valence-corrected chi connectivity index (χ0v) is 17.2. The number of carbonyl (C=O) groups excluding carboxylic acids is 1. The summed E-state index contributed by atoms with van der Waals surface area (Å²) >= 11 is 0. The van der Waals surface area contributed by atoms with Crippen molar-refractivity contribution in [2.75, 3.05) is 13.1 Å². The average molecular weight is 416 g/mol. The van der Waals surface area contributed by atoms with Crippen molar-refractivity contribution >= 4 is 16.8 Å². The number of benzene rings is 2. The minimum Gasteiger partial charge on any atom is -0.490 e. The Morgan fingerprint density at radius 1 is 1.16 bits per heavy atom. The highest BCUT2D eigenvalue weighted by atomic mass is 16.5. The predicted molar refractivity (Wildman–Crippen MR) is 117 cm³/mol. The first-order valence-corrected chi connectivity index (χ1v) is 10.5. The fourth-order valence-electron chi connectivity index (χ4n) is 3.84. The van der Waals surface area contributed by atoms with E-state index in [4.69, 9.17) is 10.00 Å². The van der Waals surface area contributed by atoms with Crippen LogP contribution in [0.25, 0.3) is 10.9 Å². The van der Waals surface area contributed by atoms with Gasteiger partial charge in [0.1, 0.15) is 17.7 Å². The zero-order chi connectivity index (χ0) is 21.6. The number of amides is 1. The topological polar surface area (TPSA) is 99.1 Å². The van der Waals surface area contributed by atoms with E-state index in [-0.39, 0.29) is 17.6 Å². The maximum absolute atomic E-state index is 12.6. The van der Waals surface area contributed by atoms with Crippen molar-refractivity contribution < 1.29 is 9.53 Å². The predicted octanol–water partition coefficient (Wildman–Crippen LogP) is 3.19. The number of H-pyrrole nitrogens is 1. The van der Waals surface area contributed by atoms with Crippen LogP contribution in [0.5, 0.6) is 5.75 Å². The van der Waals surface area contributed by atoms with E-state index in [0.29, 0.717) is 54.6 Å². The van der Waals surface area contributed by atoms with Crippen LogP contribution < -0.4 is 10.3 Å². The molecule has 7 nitrogen and oxygen atoms in total. The van der Waals surface area contributed by atoms with E-state index in [1.54, 1.807) is 30.3 Å². The number of carbonyl (C=O) groups is 1. The maximum Gasteiger partial charge on any atom is 0.258 e. The first-order valence-electron chi connectivity index (χ1n) is 10.5. The molecule has 0 unspecified atom stereocenters. The second kappa shape index (κ2) is 9.43. The molecule has 4 rings (SSSR count). The summed E-state index contributed by atoms with van der Waals surface area (Å²) < 4.78 is 5.98. The number of nitrogens with zero attached hydrogens (tertiary/aromatic N) is 3. The molecule has 0 saturated carbocycles. The van der Waals surface area contributed by atoms with Crippen molar-refractivity contribution in [1.82, 2.24) is 14.9 Å². The number of aromatic nitrogens is 2. The van der Waals surface area contributed by atoms with Crippen LogP contribution in [-0.4, -0.2) is 40.0 Å². The van der Waals surface area contributed by atoms with Crippen molar-refractivity contribution in [3.8, 4) is 11.8 Å². The number of hydrogen-bond acceptors (Lipinski definition) is 5. The van der Waals surface area contributed by atoms with Gasteiger partial charge in [0.15, 0.2) is 0 Å². The Balaban J connectivity index is 1.23. The van der Waals surface area contributed by atoms with Gasteiger partial charge in [-0.2, -0.15) is 5.26 Å². The third kappa shape index (κ3) is 5.10. The Labute approximate surface area is 180 Å². The monoisotopic (exact) mass is 416 g/mol. The molecular weight excluding hydrogens is 392 g/mol. The molecule has 1 amide bonds. The smallest absolute Gasteiger partial charge is 0.258 e. The number of hydrogen-bond donors (Lipinski definition) is 1. The summed E-state index contributed by atoms with van der Waals surface area (Å²) in [6.07, 6.45) is 3.27. The van der Waals surface area contributed by atoms with E-state index in [1.807, 2.05) is 23.1 Å². The fraction of sp³-hybridized carbons (Fsp3) is 0.333. The maximum atomic E-state index is 12.6. The molecule has 158 valence electrons. The molecular formula is C24H24N4O3. The van der Waals surface area contributed by atoms with Crippen molar-refractivity contribution in [3.63, 3.8) is 0 Å². The first kappa shape index (κ1) is 20.6. The molecule has 2 heterocycles. The lowest BCUT2D eigenvalue weighted by molar-refractivity contribution is -0.133. The largest absolute Gasteiger partial charge is 0.490 e. The Hall–Kier alpha value is -3.66. The van der Waals surface area contributed by atoms with Gasteiger partial charge in [-0.05, 0) is 42.8 Å². The third-order valence-electron chi connectivity index (χ3n) is 5.55. The molecule has 1 N–H and O–H groups in total. The Bertz CT molecular complexity index is 1160. The summed E-state index contributed by atoms with van der Waals surface area (Å²) in [6.45, 7) is 1.34. The van der Waals surface area contributed by atoms with Gasteiger partial charge in [0.05, 0.1) is 22.5 Å². The summed E-state index contributed by atoms with van der Waals surface area (Å²) in [5, 5.41) is 9.44. The lowest BCUT2D eigenvalue weighted by Crippen LogP contribution is -2.41. The number of aromatic amines is 1. The number of piperidine rings is 1. The number of likely N-dealkylation sites (tertiary alicyclic amines) is 1. The van der Waals surface area contributed by atoms with E-state index < -0.39 is 0 Å². The number of rotatable bonds is 6.